The van der Waals surface area contributed by atoms with Crippen molar-refractivity contribution in [3.8, 4) is 5.69 Å². The predicted molar refractivity (Wildman–Crippen MR) is 80.0 cm³/mol. The minimum absolute atomic E-state index is 0.472. The summed E-state index contributed by atoms with van der Waals surface area (Å²) in [6.45, 7) is 5.16. The molecule has 0 aliphatic heterocycles. The van der Waals surface area contributed by atoms with Gasteiger partial charge in [0.05, 0.1) is 17.7 Å². The molecule has 0 fully saturated rings. The summed E-state index contributed by atoms with van der Waals surface area (Å²) >= 11 is 0. The highest BCUT2D eigenvalue weighted by Gasteiger charge is 2.17. The van der Waals surface area contributed by atoms with Crippen LogP contribution in [0.5, 0.6) is 0 Å². The van der Waals surface area contributed by atoms with Crippen molar-refractivity contribution in [3.05, 3.63) is 41.7 Å². The van der Waals surface area contributed by atoms with Crippen LogP contribution in [0.15, 0.2) is 24.8 Å². The second-order valence-corrected chi connectivity index (χ2v) is 5.76. The van der Waals surface area contributed by atoms with E-state index in [0.29, 0.717) is 6.04 Å². The number of hydrogen-bond donors (Lipinski definition) is 1. The number of aryl methyl sites for hydroxylation is 1. The highest BCUT2D eigenvalue weighted by Crippen LogP contribution is 2.24. The fourth-order valence-electron chi connectivity index (χ4n) is 2.78. The Labute approximate surface area is 120 Å². The molecule has 0 bridgehead atoms. The normalized spacial score (nSPS) is 14.6. The summed E-state index contributed by atoms with van der Waals surface area (Å²) < 4.78 is 2.26. The van der Waals surface area contributed by atoms with Crippen molar-refractivity contribution in [1.29, 1.82) is 0 Å². The lowest BCUT2D eigenvalue weighted by Crippen LogP contribution is -2.23. The van der Waals surface area contributed by atoms with Crippen molar-refractivity contribution in [2.45, 2.75) is 52.1 Å². The molecule has 0 radical (unpaired) electrons. The Hall–Kier alpha value is -1.68. The Morgan fingerprint density at radius 1 is 1.30 bits per heavy atom. The average Bonchev–Trinajstić information content (AvgIpc) is 2.89. The zero-order valence-electron chi connectivity index (χ0n) is 12.3. The molecule has 0 amide bonds. The number of rotatable bonds is 4. The zero-order valence-corrected chi connectivity index (χ0v) is 12.3. The van der Waals surface area contributed by atoms with Crippen LogP contribution in [-0.2, 0) is 19.4 Å². The maximum atomic E-state index is 4.59. The van der Waals surface area contributed by atoms with E-state index < -0.39 is 0 Å². The Kier molecular flexibility index (Phi) is 3.83. The monoisotopic (exact) mass is 270 g/mol. The van der Waals surface area contributed by atoms with Crippen molar-refractivity contribution < 1.29 is 0 Å². The first-order chi connectivity index (χ1) is 9.75. The molecule has 1 aliphatic carbocycles. The Morgan fingerprint density at radius 3 is 3.00 bits per heavy atom. The first-order valence-electron chi connectivity index (χ1n) is 7.47. The second kappa shape index (κ2) is 5.75. The largest absolute Gasteiger partial charge is 0.310 e. The van der Waals surface area contributed by atoms with E-state index in [1.54, 1.807) is 0 Å². The first-order valence-corrected chi connectivity index (χ1v) is 7.47. The van der Waals surface area contributed by atoms with Gasteiger partial charge in [0.25, 0.3) is 0 Å². The fraction of sp³-hybridized carbons (Fsp3) is 0.500. The molecule has 4 nitrogen and oxygen atoms in total. The van der Waals surface area contributed by atoms with Gasteiger partial charge in [0.15, 0.2) is 0 Å². The molecule has 2 aromatic rings. The minimum atomic E-state index is 0.472. The third-order valence-corrected chi connectivity index (χ3v) is 3.87. The van der Waals surface area contributed by atoms with E-state index in [1.807, 2.05) is 18.7 Å². The Bertz CT molecular complexity index is 586. The molecular formula is C16H22N4. The van der Waals surface area contributed by atoms with Crippen molar-refractivity contribution in [2.75, 3.05) is 0 Å². The molecule has 0 atom stereocenters. The van der Waals surface area contributed by atoms with Gasteiger partial charge < -0.3 is 9.88 Å². The number of fused-ring (bicyclic) bond motifs is 1. The third kappa shape index (κ3) is 2.61. The second-order valence-electron chi connectivity index (χ2n) is 5.76. The number of pyridine rings is 1. The SMILES string of the molecule is CC(C)NCc1cnccc1-n1cnc2c1CCCC2. The maximum Gasteiger partial charge on any atom is 0.0997 e. The highest BCUT2D eigenvalue weighted by molar-refractivity contribution is 5.41. The van der Waals surface area contributed by atoms with E-state index in [9.17, 15) is 0 Å². The van der Waals surface area contributed by atoms with Crippen LogP contribution in [0.3, 0.4) is 0 Å². The van der Waals surface area contributed by atoms with E-state index in [1.165, 1.54) is 35.5 Å². The van der Waals surface area contributed by atoms with Crippen molar-refractivity contribution in [2.24, 2.45) is 0 Å². The number of aromatic nitrogens is 3. The smallest absolute Gasteiger partial charge is 0.0997 e. The van der Waals surface area contributed by atoms with Crippen LogP contribution >= 0.6 is 0 Å². The van der Waals surface area contributed by atoms with Gasteiger partial charge in [-0.3, -0.25) is 4.98 Å². The molecule has 0 saturated carbocycles. The van der Waals surface area contributed by atoms with Crippen LogP contribution in [0.4, 0.5) is 0 Å². The molecule has 0 aromatic carbocycles. The van der Waals surface area contributed by atoms with Crippen LogP contribution in [0.1, 0.15) is 43.6 Å². The molecule has 0 saturated heterocycles. The van der Waals surface area contributed by atoms with Crippen LogP contribution < -0.4 is 5.32 Å². The number of imidazole rings is 1. The van der Waals surface area contributed by atoms with Gasteiger partial charge >= 0.3 is 0 Å². The predicted octanol–water partition coefficient (Wildman–Crippen LogP) is 2.64. The number of nitrogens with zero attached hydrogens (tertiary/aromatic N) is 3. The first kappa shape index (κ1) is 13.3. The lowest BCUT2D eigenvalue weighted by Gasteiger charge is -2.17. The lowest BCUT2D eigenvalue weighted by molar-refractivity contribution is 0.585. The van der Waals surface area contributed by atoms with E-state index in [-0.39, 0.29) is 0 Å². The molecular weight excluding hydrogens is 248 g/mol. The highest BCUT2D eigenvalue weighted by atomic mass is 15.1. The number of nitrogens with one attached hydrogen (secondary N) is 1. The summed E-state index contributed by atoms with van der Waals surface area (Å²) in [6, 6.07) is 2.56. The molecule has 3 rings (SSSR count). The van der Waals surface area contributed by atoms with Crippen LogP contribution in [-0.4, -0.2) is 20.6 Å². The average molecular weight is 270 g/mol. The van der Waals surface area contributed by atoms with Gasteiger partial charge in [0.2, 0.25) is 0 Å². The topological polar surface area (TPSA) is 42.7 Å². The Balaban J connectivity index is 1.95. The molecule has 20 heavy (non-hydrogen) atoms. The van der Waals surface area contributed by atoms with Gasteiger partial charge in [-0.2, -0.15) is 0 Å². The summed E-state index contributed by atoms with van der Waals surface area (Å²) in [5.74, 6) is 0. The Morgan fingerprint density at radius 2 is 2.15 bits per heavy atom. The molecule has 2 aromatic heterocycles. The van der Waals surface area contributed by atoms with Crippen LogP contribution in [0.25, 0.3) is 5.69 Å². The van der Waals surface area contributed by atoms with Gasteiger partial charge in [-0.15, -0.1) is 0 Å². The van der Waals surface area contributed by atoms with Crippen LogP contribution in [0.2, 0.25) is 0 Å². The fourth-order valence-corrected chi connectivity index (χ4v) is 2.78. The number of hydrogen-bond acceptors (Lipinski definition) is 3. The van der Waals surface area contributed by atoms with Gasteiger partial charge in [0, 0.05) is 36.2 Å². The van der Waals surface area contributed by atoms with Gasteiger partial charge in [-0.1, -0.05) is 13.8 Å². The standard InChI is InChI=1S/C16H22N4/c1-12(2)18-10-13-9-17-8-7-15(13)20-11-19-14-5-3-4-6-16(14)20/h7-9,11-12,18H,3-6,10H2,1-2H3. The maximum absolute atomic E-state index is 4.59. The van der Waals surface area contributed by atoms with E-state index in [4.69, 9.17) is 0 Å². The third-order valence-electron chi connectivity index (χ3n) is 3.87. The van der Waals surface area contributed by atoms with Gasteiger partial charge in [-0.25, -0.2) is 4.98 Å². The van der Waals surface area contributed by atoms with Crippen LogP contribution in [0, 0.1) is 0 Å². The lowest BCUT2D eigenvalue weighted by atomic mass is 10.0. The summed E-state index contributed by atoms with van der Waals surface area (Å²) in [4.78, 5) is 8.86. The van der Waals surface area contributed by atoms with Crippen molar-refractivity contribution in [1.82, 2.24) is 19.9 Å². The van der Waals surface area contributed by atoms with E-state index in [0.717, 1.165) is 19.4 Å². The molecule has 1 aliphatic rings. The van der Waals surface area contributed by atoms with Crippen molar-refractivity contribution in [3.63, 3.8) is 0 Å². The molecule has 4 heteroatoms. The quantitative estimate of drug-likeness (QED) is 0.928. The molecule has 1 N–H and O–H groups in total. The molecule has 106 valence electrons. The van der Waals surface area contributed by atoms with E-state index in [2.05, 4.69) is 39.8 Å². The van der Waals surface area contributed by atoms with E-state index >= 15 is 0 Å². The molecule has 0 spiro atoms. The zero-order chi connectivity index (χ0) is 13.9. The van der Waals surface area contributed by atoms with Gasteiger partial charge in [0.1, 0.15) is 0 Å². The summed E-state index contributed by atoms with van der Waals surface area (Å²) in [6.07, 6.45) is 10.6. The van der Waals surface area contributed by atoms with Crippen molar-refractivity contribution >= 4 is 0 Å². The van der Waals surface area contributed by atoms with Gasteiger partial charge in [-0.05, 0) is 31.7 Å². The molecule has 0 unspecified atom stereocenters. The summed E-state index contributed by atoms with van der Waals surface area (Å²) in [5.41, 5.74) is 5.10. The summed E-state index contributed by atoms with van der Waals surface area (Å²) in [7, 11) is 0. The molecule has 2 heterocycles. The minimum Gasteiger partial charge on any atom is -0.310 e. The summed E-state index contributed by atoms with van der Waals surface area (Å²) in [5, 5.41) is 3.47.